The molecule has 0 spiro atoms. The fraction of sp³-hybridized carbons (Fsp3) is 0.625. The molecule has 0 unspecified atom stereocenters. The van der Waals surface area contributed by atoms with Crippen molar-refractivity contribution in [3.63, 3.8) is 0 Å². The number of hydrogen-bond donors (Lipinski definition) is 2. The van der Waals surface area contributed by atoms with E-state index in [9.17, 15) is 9.59 Å². The van der Waals surface area contributed by atoms with Crippen LogP contribution in [0, 0.1) is 23.2 Å². The third kappa shape index (κ3) is 2.50. The van der Waals surface area contributed by atoms with E-state index in [2.05, 4.69) is 26.8 Å². The second-order valence-corrected chi connectivity index (χ2v) is 9.67. The first-order chi connectivity index (χ1) is 10.5. The molecule has 0 aliphatic heterocycles. The summed E-state index contributed by atoms with van der Waals surface area (Å²) in [5.41, 5.74) is 5.06. The van der Waals surface area contributed by atoms with Gasteiger partial charge < -0.3 is 0 Å². The van der Waals surface area contributed by atoms with Gasteiger partial charge in [0.05, 0.1) is 14.1 Å². The molecular weight excluding hydrogens is 364 g/mol. The maximum atomic E-state index is 12.7. The zero-order chi connectivity index (χ0) is 15.3. The van der Waals surface area contributed by atoms with E-state index in [1.54, 1.807) is 6.07 Å². The van der Waals surface area contributed by atoms with E-state index < -0.39 is 0 Å². The van der Waals surface area contributed by atoms with Crippen LogP contribution in [-0.2, 0) is 4.79 Å². The summed E-state index contributed by atoms with van der Waals surface area (Å²) in [6.07, 6.45) is 6.94. The molecule has 0 aromatic carbocycles. The minimum absolute atomic E-state index is 0.0237. The van der Waals surface area contributed by atoms with Gasteiger partial charge in [-0.2, -0.15) is 0 Å². The Labute approximate surface area is 142 Å². The Bertz CT molecular complexity index is 592. The lowest BCUT2D eigenvalue weighted by Crippen LogP contribution is -2.56. The molecule has 22 heavy (non-hydrogen) atoms. The molecule has 4 aliphatic carbocycles. The van der Waals surface area contributed by atoms with E-state index in [1.807, 2.05) is 6.07 Å². The van der Waals surface area contributed by atoms with Crippen LogP contribution in [-0.4, -0.2) is 11.8 Å². The van der Waals surface area contributed by atoms with Gasteiger partial charge in [-0.15, -0.1) is 11.3 Å². The summed E-state index contributed by atoms with van der Waals surface area (Å²) < 4.78 is 0.907. The molecule has 1 aromatic rings. The number of carbonyl (C=O) groups excluding carboxylic acids is 2. The van der Waals surface area contributed by atoms with Gasteiger partial charge in [0, 0.05) is 0 Å². The predicted octanol–water partition coefficient (Wildman–Crippen LogP) is 3.49. The fourth-order valence-corrected chi connectivity index (χ4v) is 6.41. The fourth-order valence-electron chi connectivity index (χ4n) is 5.13. The van der Waals surface area contributed by atoms with Crippen molar-refractivity contribution in [1.29, 1.82) is 0 Å². The Morgan fingerprint density at radius 2 is 1.64 bits per heavy atom. The standard InChI is InChI=1S/C16H19BrN2O2S/c17-13-2-1-12(22-13)14(20)18-19-15(21)16-6-9-3-10(7-16)5-11(4-9)8-16/h1-2,9-11H,3-8H2,(H,18,20)(H,19,21). The van der Waals surface area contributed by atoms with Crippen molar-refractivity contribution < 1.29 is 9.59 Å². The van der Waals surface area contributed by atoms with Crippen LogP contribution >= 0.6 is 27.3 Å². The number of rotatable bonds is 2. The smallest absolute Gasteiger partial charge is 0.273 e. The molecule has 118 valence electrons. The van der Waals surface area contributed by atoms with E-state index >= 15 is 0 Å². The van der Waals surface area contributed by atoms with Gasteiger partial charge in [-0.25, -0.2) is 0 Å². The number of hydrogen-bond acceptors (Lipinski definition) is 3. The minimum Gasteiger partial charge on any atom is -0.273 e. The maximum absolute atomic E-state index is 12.7. The minimum atomic E-state index is -0.242. The molecule has 0 radical (unpaired) electrons. The molecule has 4 fully saturated rings. The normalized spacial score (nSPS) is 35.4. The molecule has 6 heteroatoms. The van der Waals surface area contributed by atoms with Crippen LogP contribution in [0.25, 0.3) is 0 Å². The summed E-state index contributed by atoms with van der Waals surface area (Å²) in [6, 6.07) is 3.58. The molecule has 4 aliphatic rings. The number of halogens is 1. The largest absolute Gasteiger partial charge is 0.279 e. The van der Waals surface area contributed by atoms with Crippen LogP contribution in [0.15, 0.2) is 15.9 Å². The molecule has 4 bridgehead atoms. The van der Waals surface area contributed by atoms with Crippen LogP contribution < -0.4 is 10.9 Å². The summed E-state index contributed by atoms with van der Waals surface area (Å²) in [5, 5.41) is 0. The Hall–Kier alpha value is -0.880. The second kappa shape index (κ2) is 5.34. The highest BCUT2D eigenvalue weighted by atomic mass is 79.9. The lowest BCUT2D eigenvalue weighted by Gasteiger charge is -2.55. The molecule has 2 amide bonds. The van der Waals surface area contributed by atoms with Crippen molar-refractivity contribution in [2.24, 2.45) is 23.2 Å². The third-order valence-corrected chi connectivity index (χ3v) is 7.23. The Morgan fingerprint density at radius 3 is 2.14 bits per heavy atom. The molecule has 4 nitrogen and oxygen atoms in total. The number of hydrazine groups is 1. The first-order valence-electron chi connectivity index (χ1n) is 7.90. The molecule has 4 saturated carbocycles. The van der Waals surface area contributed by atoms with Gasteiger partial charge in [0.1, 0.15) is 0 Å². The number of amides is 2. The second-order valence-electron chi connectivity index (χ2n) is 7.21. The summed E-state index contributed by atoms with van der Waals surface area (Å²) in [6.45, 7) is 0. The lowest BCUT2D eigenvalue weighted by molar-refractivity contribution is -0.147. The zero-order valence-electron chi connectivity index (χ0n) is 12.2. The van der Waals surface area contributed by atoms with E-state index in [0.29, 0.717) is 4.88 Å². The Balaban J connectivity index is 1.41. The van der Waals surface area contributed by atoms with Crippen molar-refractivity contribution in [2.75, 3.05) is 0 Å². The van der Waals surface area contributed by atoms with Gasteiger partial charge in [-0.05, 0) is 84.3 Å². The van der Waals surface area contributed by atoms with Crippen LogP contribution in [0.4, 0.5) is 0 Å². The van der Waals surface area contributed by atoms with Crippen molar-refractivity contribution in [3.8, 4) is 0 Å². The maximum Gasteiger partial charge on any atom is 0.279 e. The van der Waals surface area contributed by atoms with Gasteiger partial charge in [0.2, 0.25) is 5.91 Å². The molecule has 0 atom stereocenters. The summed E-state index contributed by atoms with van der Waals surface area (Å²) in [4.78, 5) is 25.4. The number of thiophene rings is 1. The van der Waals surface area contributed by atoms with Gasteiger partial charge in [-0.1, -0.05) is 0 Å². The quantitative estimate of drug-likeness (QED) is 0.769. The average Bonchev–Trinajstić information content (AvgIpc) is 2.89. The van der Waals surface area contributed by atoms with Gasteiger partial charge in [0.15, 0.2) is 0 Å². The highest BCUT2D eigenvalue weighted by Gasteiger charge is 2.54. The average molecular weight is 383 g/mol. The van der Waals surface area contributed by atoms with Crippen molar-refractivity contribution in [1.82, 2.24) is 10.9 Å². The Kier molecular flexibility index (Phi) is 3.57. The SMILES string of the molecule is O=C(NNC(=O)C12CC3CC(CC(C3)C1)C2)c1ccc(Br)s1. The van der Waals surface area contributed by atoms with E-state index in [0.717, 1.165) is 40.8 Å². The van der Waals surface area contributed by atoms with Gasteiger partial charge >= 0.3 is 0 Å². The van der Waals surface area contributed by atoms with Gasteiger partial charge in [0.25, 0.3) is 5.91 Å². The first kappa shape index (κ1) is 14.7. The molecule has 0 saturated heterocycles. The van der Waals surface area contributed by atoms with Crippen molar-refractivity contribution in [2.45, 2.75) is 38.5 Å². The highest BCUT2D eigenvalue weighted by molar-refractivity contribution is 9.11. The van der Waals surface area contributed by atoms with Crippen molar-refractivity contribution in [3.05, 3.63) is 20.8 Å². The lowest BCUT2D eigenvalue weighted by atomic mass is 9.49. The monoisotopic (exact) mass is 382 g/mol. The van der Waals surface area contributed by atoms with Crippen LogP contribution in [0.5, 0.6) is 0 Å². The summed E-state index contributed by atoms with van der Waals surface area (Å²) >= 11 is 4.70. The van der Waals surface area contributed by atoms with E-state index in [1.165, 1.54) is 30.6 Å². The summed E-state index contributed by atoms with van der Waals surface area (Å²) in [7, 11) is 0. The number of carbonyl (C=O) groups is 2. The molecule has 5 rings (SSSR count). The topological polar surface area (TPSA) is 58.2 Å². The zero-order valence-corrected chi connectivity index (χ0v) is 14.6. The van der Waals surface area contributed by atoms with Crippen molar-refractivity contribution >= 4 is 39.1 Å². The van der Waals surface area contributed by atoms with Crippen LogP contribution in [0.2, 0.25) is 0 Å². The van der Waals surface area contributed by atoms with Crippen LogP contribution in [0.1, 0.15) is 48.2 Å². The van der Waals surface area contributed by atoms with E-state index in [-0.39, 0.29) is 17.2 Å². The third-order valence-electron chi connectivity index (χ3n) is 5.61. The van der Waals surface area contributed by atoms with E-state index in [4.69, 9.17) is 0 Å². The molecule has 1 aromatic heterocycles. The molecule has 2 N–H and O–H groups in total. The van der Waals surface area contributed by atoms with Crippen LogP contribution in [0.3, 0.4) is 0 Å². The highest BCUT2D eigenvalue weighted by Crippen LogP contribution is 2.60. The molecular formula is C16H19BrN2O2S. The van der Waals surface area contributed by atoms with Gasteiger partial charge in [-0.3, -0.25) is 20.4 Å². The Morgan fingerprint density at radius 1 is 1.05 bits per heavy atom. The predicted molar refractivity (Wildman–Crippen MR) is 88.2 cm³/mol. The first-order valence-corrected chi connectivity index (χ1v) is 9.51. The molecule has 1 heterocycles. The summed E-state index contributed by atoms with van der Waals surface area (Å²) in [5.74, 6) is 1.95. The number of nitrogens with one attached hydrogen (secondary N) is 2.